The standard InChI is InChI=1S/C16H14ClN5S/c17-13-4-2-1-3-12(13)16-20-14(9-23-16)10-5-7-11(8-6-10)15(21-18)22-19/h1-9H,18-19H2,(H,21,22). The Morgan fingerprint density at radius 2 is 1.87 bits per heavy atom. The van der Waals surface area contributed by atoms with Crippen LogP contribution in [0.15, 0.2) is 59.0 Å². The van der Waals surface area contributed by atoms with E-state index in [1.54, 1.807) is 11.3 Å². The van der Waals surface area contributed by atoms with E-state index < -0.39 is 0 Å². The summed E-state index contributed by atoms with van der Waals surface area (Å²) in [6.07, 6.45) is 0. The second-order valence-corrected chi connectivity index (χ2v) is 5.98. The zero-order valence-electron chi connectivity index (χ0n) is 12.0. The zero-order chi connectivity index (χ0) is 16.2. The van der Waals surface area contributed by atoms with Gasteiger partial charge in [0.15, 0.2) is 5.84 Å². The first-order valence-electron chi connectivity index (χ1n) is 6.78. The van der Waals surface area contributed by atoms with Crippen molar-refractivity contribution < 1.29 is 0 Å². The third kappa shape index (κ3) is 3.19. The van der Waals surface area contributed by atoms with E-state index in [9.17, 15) is 0 Å². The Balaban J connectivity index is 1.90. The van der Waals surface area contributed by atoms with Gasteiger partial charge in [-0.05, 0) is 6.07 Å². The van der Waals surface area contributed by atoms with Gasteiger partial charge in [-0.25, -0.2) is 10.8 Å². The maximum absolute atomic E-state index is 6.22. The average molecular weight is 344 g/mol. The molecule has 2 aromatic carbocycles. The Morgan fingerprint density at radius 1 is 1.13 bits per heavy atom. The lowest BCUT2D eigenvalue weighted by molar-refractivity contribution is 1.00. The number of nitrogens with two attached hydrogens (primary N) is 2. The molecule has 0 bridgehead atoms. The minimum Gasteiger partial charge on any atom is -0.321 e. The Kier molecular flexibility index (Phi) is 4.57. The summed E-state index contributed by atoms with van der Waals surface area (Å²) in [5, 5.41) is 7.18. The molecule has 0 aliphatic carbocycles. The molecule has 23 heavy (non-hydrogen) atoms. The molecule has 5 nitrogen and oxygen atoms in total. The van der Waals surface area contributed by atoms with Gasteiger partial charge in [0.25, 0.3) is 0 Å². The highest BCUT2D eigenvalue weighted by molar-refractivity contribution is 7.13. The predicted molar refractivity (Wildman–Crippen MR) is 96.0 cm³/mol. The van der Waals surface area contributed by atoms with E-state index in [4.69, 9.17) is 23.3 Å². The second kappa shape index (κ2) is 6.78. The topological polar surface area (TPSA) is 89.3 Å². The molecular formula is C16H14ClN5S. The van der Waals surface area contributed by atoms with E-state index in [-0.39, 0.29) is 0 Å². The summed E-state index contributed by atoms with van der Waals surface area (Å²) in [6.45, 7) is 0. The van der Waals surface area contributed by atoms with Crippen LogP contribution in [0.1, 0.15) is 5.56 Å². The van der Waals surface area contributed by atoms with Gasteiger partial charge < -0.3 is 11.3 Å². The van der Waals surface area contributed by atoms with Crippen LogP contribution in [0.2, 0.25) is 5.02 Å². The lowest BCUT2D eigenvalue weighted by Crippen LogP contribution is -2.31. The molecule has 0 saturated heterocycles. The number of rotatable bonds is 3. The molecule has 1 heterocycles. The highest BCUT2D eigenvalue weighted by atomic mass is 35.5. The van der Waals surface area contributed by atoms with E-state index in [2.05, 4.69) is 15.5 Å². The number of hydrazine groups is 1. The number of hydrazone groups is 1. The van der Waals surface area contributed by atoms with Gasteiger partial charge in [-0.1, -0.05) is 54.1 Å². The van der Waals surface area contributed by atoms with Crippen LogP contribution in [0.4, 0.5) is 0 Å². The number of hydrogen-bond donors (Lipinski definition) is 3. The van der Waals surface area contributed by atoms with Crippen LogP contribution in [-0.2, 0) is 0 Å². The van der Waals surface area contributed by atoms with Gasteiger partial charge in [0.2, 0.25) is 0 Å². The lowest BCUT2D eigenvalue weighted by atomic mass is 10.1. The molecule has 0 fully saturated rings. The van der Waals surface area contributed by atoms with Gasteiger partial charge in [0.05, 0.1) is 10.7 Å². The van der Waals surface area contributed by atoms with Crippen LogP contribution in [0, 0.1) is 0 Å². The summed E-state index contributed by atoms with van der Waals surface area (Å²) in [7, 11) is 0. The van der Waals surface area contributed by atoms with Crippen LogP contribution in [-0.4, -0.2) is 10.8 Å². The summed E-state index contributed by atoms with van der Waals surface area (Å²) in [4.78, 5) is 4.67. The summed E-state index contributed by atoms with van der Waals surface area (Å²) in [5.41, 5.74) is 6.09. The number of aromatic nitrogens is 1. The van der Waals surface area contributed by atoms with Crippen molar-refractivity contribution in [3.05, 3.63) is 64.5 Å². The van der Waals surface area contributed by atoms with Crippen molar-refractivity contribution in [2.75, 3.05) is 0 Å². The summed E-state index contributed by atoms with van der Waals surface area (Å²) in [5.74, 6) is 11.1. The maximum atomic E-state index is 6.22. The fourth-order valence-electron chi connectivity index (χ4n) is 2.16. The van der Waals surface area contributed by atoms with Crippen molar-refractivity contribution >= 4 is 28.8 Å². The molecule has 0 saturated carbocycles. The van der Waals surface area contributed by atoms with E-state index in [1.807, 2.05) is 53.9 Å². The summed E-state index contributed by atoms with van der Waals surface area (Å²) in [6, 6.07) is 15.3. The number of amidine groups is 1. The van der Waals surface area contributed by atoms with Gasteiger partial charge in [-0.3, -0.25) is 0 Å². The molecule has 3 rings (SSSR count). The fourth-order valence-corrected chi connectivity index (χ4v) is 3.31. The summed E-state index contributed by atoms with van der Waals surface area (Å²) >= 11 is 7.78. The number of nitrogens with zero attached hydrogens (tertiary/aromatic N) is 2. The zero-order valence-corrected chi connectivity index (χ0v) is 13.6. The van der Waals surface area contributed by atoms with Crippen molar-refractivity contribution in [1.82, 2.24) is 10.4 Å². The molecule has 0 radical (unpaired) electrons. The Labute approximate surface area is 142 Å². The molecule has 0 aliphatic rings. The first-order chi connectivity index (χ1) is 11.2. The predicted octanol–water partition coefficient (Wildman–Crippen LogP) is 3.21. The lowest BCUT2D eigenvalue weighted by Gasteiger charge is -2.04. The van der Waals surface area contributed by atoms with Gasteiger partial charge in [-0.15, -0.1) is 11.3 Å². The number of hydrogen-bond acceptors (Lipinski definition) is 5. The maximum Gasteiger partial charge on any atom is 0.166 e. The molecule has 0 unspecified atom stereocenters. The van der Waals surface area contributed by atoms with Crippen LogP contribution >= 0.6 is 22.9 Å². The van der Waals surface area contributed by atoms with Crippen LogP contribution in [0.25, 0.3) is 21.8 Å². The molecular weight excluding hydrogens is 330 g/mol. The molecule has 116 valence electrons. The van der Waals surface area contributed by atoms with Gasteiger partial charge in [0.1, 0.15) is 5.01 Å². The van der Waals surface area contributed by atoms with Gasteiger partial charge in [-0.2, -0.15) is 5.10 Å². The largest absolute Gasteiger partial charge is 0.321 e. The van der Waals surface area contributed by atoms with Gasteiger partial charge >= 0.3 is 0 Å². The van der Waals surface area contributed by atoms with Crippen molar-refractivity contribution in [2.24, 2.45) is 16.8 Å². The third-order valence-electron chi connectivity index (χ3n) is 3.33. The number of nitrogens with one attached hydrogen (secondary N) is 1. The molecule has 0 amide bonds. The first-order valence-corrected chi connectivity index (χ1v) is 8.04. The second-order valence-electron chi connectivity index (χ2n) is 4.72. The third-order valence-corrected chi connectivity index (χ3v) is 4.53. The number of benzene rings is 2. The highest BCUT2D eigenvalue weighted by Crippen LogP contribution is 2.33. The van der Waals surface area contributed by atoms with Crippen LogP contribution in [0.5, 0.6) is 0 Å². The minimum absolute atomic E-state index is 0.423. The molecule has 0 spiro atoms. The van der Waals surface area contributed by atoms with Crippen molar-refractivity contribution in [2.45, 2.75) is 0 Å². The fraction of sp³-hybridized carbons (Fsp3) is 0. The van der Waals surface area contributed by atoms with E-state index in [0.717, 1.165) is 27.4 Å². The summed E-state index contributed by atoms with van der Waals surface area (Å²) < 4.78 is 0. The average Bonchev–Trinajstić information content (AvgIpc) is 3.07. The van der Waals surface area contributed by atoms with E-state index in [1.165, 1.54) is 0 Å². The van der Waals surface area contributed by atoms with E-state index in [0.29, 0.717) is 10.9 Å². The highest BCUT2D eigenvalue weighted by Gasteiger charge is 2.10. The first kappa shape index (κ1) is 15.5. The molecule has 5 N–H and O–H groups in total. The molecule has 7 heteroatoms. The molecule has 0 aliphatic heterocycles. The Hall–Kier alpha value is -2.41. The van der Waals surface area contributed by atoms with Crippen molar-refractivity contribution in [3.63, 3.8) is 0 Å². The molecule has 3 aromatic rings. The van der Waals surface area contributed by atoms with Gasteiger partial charge in [0, 0.05) is 22.1 Å². The number of thiazole rings is 1. The van der Waals surface area contributed by atoms with Crippen molar-refractivity contribution in [1.29, 1.82) is 0 Å². The van der Waals surface area contributed by atoms with Crippen LogP contribution in [0.3, 0.4) is 0 Å². The van der Waals surface area contributed by atoms with E-state index >= 15 is 0 Å². The van der Waals surface area contributed by atoms with Crippen LogP contribution < -0.4 is 17.1 Å². The minimum atomic E-state index is 0.423. The number of halogens is 1. The van der Waals surface area contributed by atoms with Crippen molar-refractivity contribution in [3.8, 4) is 21.8 Å². The normalized spacial score (nSPS) is 11.5. The SMILES string of the molecule is N/N=C(\NN)c1ccc(-c2csc(-c3ccccc3Cl)n2)cc1. The quantitative estimate of drug-likeness (QED) is 0.295. The Morgan fingerprint density at radius 3 is 2.52 bits per heavy atom. The molecule has 0 atom stereocenters. The molecule has 1 aromatic heterocycles. The smallest absolute Gasteiger partial charge is 0.166 e. The monoisotopic (exact) mass is 343 g/mol. The Bertz CT molecular complexity index is 842.